The van der Waals surface area contributed by atoms with Crippen LogP contribution in [0.2, 0.25) is 0 Å². The molecule has 1 fully saturated rings. The molecule has 0 bridgehead atoms. The van der Waals surface area contributed by atoms with Crippen molar-refractivity contribution in [3.05, 3.63) is 0 Å². The molecule has 0 radical (unpaired) electrons. The van der Waals surface area contributed by atoms with Gasteiger partial charge in [-0.3, -0.25) is 0 Å². The van der Waals surface area contributed by atoms with Crippen LogP contribution in [0.25, 0.3) is 0 Å². The summed E-state index contributed by atoms with van der Waals surface area (Å²) < 4.78 is 5.28. The first-order chi connectivity index (χ1) is 5.86. The largest absolute Gasteiger partial charge is 0.381 e. The Hall–Kier alpha value is -0.120. The molecular weight excluding hydrogens is 154 g/mol. The lowest BCUT2D eigenvalue weighted by Gasteiger charge is -2.27. The first-order valence-corrected chi connectivity index (χ1v) is 4.77. The van der Waals surface area contributed by atoms with Crippen molar-refractivity contribution in [2.24, 2.45) is 0 Å². The molecule has 0 unspecified atom stereocenters. The van der Waals surface area contributed by atoms with Crippen molar-refractivity contribution in [2.45, 2.75) is 44.8 Å². The van der Waals surface area contributed by atoms with Crippen LogP contribution in [0.4, 0.5) is 0 Å². The van der Waals surface area contributed by atoms with Crippen molar-refractivity contribution in [2.75, 3.05) is 13.7 Å². The average molecular weight is 173 g/mol. The molecule has 0 saturated heterocycles. The van der Waals surface area contributed by atoms with Gasteiger partial charge in [-0.1, -0.05) is 0 Å². The highest BCUT2D eigenvalue weighted by atomic mass is 16.6. The van der Waals surface area contributed by atoms with Gasteiger partial charge in [0.05, 0.1) is 12.7 Å². The minimum Gasteiger partial charge on any atom is -0.381 e. The van der Waals surface area contributed by atoms with Gasteiger partial charge in [-0.2, -0.15) is 5.48 Å². The van der Waals surface area contributed by atoms with E-state index in [9.17, 15) is 0 Å². The first kappa shape index (κ1) is 9.96. The summed E-state index contributed by atoms with van der Waals surface area (Å²) in [7, 11) is 1.79. The predicted molar refractivity (Wildman–Crippen MR) is 47.8 cm³/mol. The van der Waals surface area contributed by atoms with Gasteiger partial charge in [0.25, 0.3) is 0 Å². The molecule has 0 aromatic rings. The Labute approximate surface area is 74.4 Å². The van der Waals surface area contributed by atoms with Gasteiger partial charge in [0.1, 0.15) is 0 Å². The van der Waals surface area contributed by atoms with Crippen molar-refractivity contribution in [3.8, 4) is 0 Å². The monoisotopic (exact) mass is 173 g/mol. The lowest BCUT2D eigenvalue weighted by molar-refractivity contribution is -0.00682. The number of rotatable bonds is 4. The van der Waals surface area contributed by atoms with Gasteiger partial charge in [-0.25, -0.2) is 0 Å². The highest BCUT2D eigenvalue weighted by molar-refractivity contribution is 4.74. The van der Waals surface area contributed by atoms with E-state index in [2.05, 4.69) is 5.48 Å². The summed E-state index contributed by atoms with van der Waals surface area (Å²) in [6.07, 6.45) is 5.11. The van der Waals surface area contributed by atoms with Crippen LogP contribution in [0.5, 0.6) is 0 Å². The molecule has 1 saturated carbocycles. The van der Waals surface area contributed by atoms with Gasteiger partial charge in [-0.05, 0) is 32.6 Å². The third kappa shape index (κ3) is 3.09. The van der Waals surface area contributed by atoms with Crippen LogP contribution < -0.4 is 5.48 Å². The number of nitrogens with one attached hydrogen (secondary N) is 1. The van der Waals surface area contributed by atoms with E-state index in [4.69, 9.17) is 9.57 Å². The number of hydrogen-bond acceptors (Lipinski definition) is 3. The Balaban J connectivity index is 2.09. The van der Waals surface area contributed by atoms with Crippen LogP contribution in [-0.2, 0) is 9.57 Å². The fraction of sp³-hybridized carbons (Fsp3) is 1.00. The lowest BCUT2D eigenvalue weighted by Crippen LogP contribution is -2.35. The molecule has 0 heterocycles. The molecule has 3 heteroatoms. The highest BCUT2D eigenvalue weighted by Gasteiger charge is 2.20. The fourth-order valence-corrected chi connectivity index (χ4v) is 1.62. The molecule has 1 aliphatic carbocycles. The van der Waals surface area contributed by atoms with Crippen LogP contribution in [0, 0.1) is 0 Å². The van der Waals surface area contributed by atoms with E-state index in [0.717, 1.165) is 19.4 Å². The molecule has 3 nitrogen and oxygen atoms in total. The lowest BCUT2D eigenvalue weighted by atomic mass is 9.94. The van der Waals surface area contributed by atoms with Crippen molar-refractivity contribution < 1.29 is 9.57 Å². The molecule has 72 valence electrons. The van der Waals surface area contributed by atoms with Crippen molar-refractivity contribution in [1.82, 2.24) is 5.48 Å². The molecule has 12 heavy (non-hydrogen) atoms. The Morgan fingerprint density at radius 1 is 1.25 bits per heavy atom. The van der Waals surface area contributed by atoms with E-state index >= 15 is 0 Å². The molecule has 0 aliphatic heterocycles. The third-order valence-corrected chi connectivity index (χ3v) is 2.40. The molecule has 0 aromatic heterocycles. The SMILES string of the molecule is CCONC1CCC(OC)CC1. The summed E-state index contributed by atoms with van der Waals surface area (Å²) in [5.41, 5.74) is 3.06. The summed E-state index contributed by atoms with van der Waals surface area (Å²) in [6.45, 7) is 2.73. The molecule has 1 rings (SSSR count). The number of methoxy groups -OCH3 is 1. The molecule has 0 aromatic carbocycles. The summed E-state index contributed by atoms with van der Waals surface area (Å²) >= 11 is 0. The second kappa shape index (κ2) is 5.51. The Morgan fingerprint density at radius 3 is 2.42 bits per heavy atom. The molecule has 1 aliphatic rings. The first-order valence-electron chi connectivity index (χ1n) is 4.77. The quantitative estimate of drug-likeness (QED) is 0.653. The van der Waals surface area contributed by atoms with Gasteiger partial charge in [0.2, 0.25) is 0 Å². The Bertz CT molecular complexity index is 111. The second-order valence-electron chi connectivity index (χ2n) is 3.26. The fourth-order valence-electron chi connectivity index (χ4n) is 1.62. The summed E-state index contributed by atoms with van der Waals surface area (Å²) in [6, 6.07) is 0.538. The van der Waals surface area contributed by atoms with Crippen LogP contribution in [-0.4, -0.2) is 25.9 Å². The van der Waals surface area contributed by atoms with Crippen LogP contribution >= 0.6 is 0 Å². The maximum atomic E-state index is 5.28. The Morgan fingerprint density at radius 2 is 1.92 bits per heavy atom. The van der Waals surface area contributed by atoms with Gasteiger partial charge in [-0.15, -0.1) is 0 Å². The van der Waals surface area contributed by atoms with Gasteiger partial charge >= 0.3 is 0 Å². The number of hydrogen-bond donors (Lipinski definition) is 1. The normalized spacial score (nSPS) is 30.5. The van der Waals surface area contributed by atoms with E-state index in [1.54, 1.807) is 7.11 Å². The summed E-state index contributed by atoms with van der Waals surface area (Å²) in [5, 5.41) is 0. The predicted octanol–water partition coefficient (Wildman–Crippen LogP) is 1.49. The van der Waals surface area contributed by atoms with E-state index in [1.807, 2.05) is 6.92 Å². The molecule has 1 N–H and O–H groups in total. The highest BCUT2D eigenvalue weighted by Crippen LogP contribution is 2.20. The van der Waals surface area contributed by atoms with Crippen LogP contribution in [0.1, 0.15) is 32.6 Å². The average Bonchev–Trinajstić information content (AvgIpc) is 2.15. The maximum Gasteiger partial charge on any atom is 0.0654 e. The summed E-state index contributed by atoms with van der Waals surface area (Å²) in [5.74, 6) is 0. The zero-order chi connectivity index (χ0) is 8.81. The number of hydroxylamine groups is 1. The topological polar surface area (TPSA) is 30.5 Å². The third-order valence-electron chi connectivity index (χ3n) is 2.40. The van der Waals surface area contributed by atoms with Crippen LogP contribution in [0.15, 0.2) is 0 Å². The molecule has 0 amide bonds. The molecule has 0 spiro atoms. The minimum absolute atomic E-state index is 0.477. The van der Waals surface area contributed by atoms with E-state index < -0.39 is 0 Å². The van der Waals surface area contributed by atoms with E-state index in [-0.39, 0.29) is 0 Å². The van der Waals surface area contributed by atoms with E-state index in [1.165, 1.54) is 12.8 Å². The smallest absolute Gasteiger partial charge is 0.0654 e. The van der Waals surface area contributed by atoms with Gasteiger partial charge < -0.3 is 9.57 Å². The zero-order valence-corrected chi connectivity index (χ0v) is 8.01. The molecule has 0 atom stereocenters. The van der Waals surface area contributed by atoms with Crippen molar-refractivity contribution >= 4 is 0 Å². The zero-order valence-electron chi connectivity index (χ0n) is 8.01. The van der Waals surface area contributed by atoms with E-state index in [0.29, 0.717) is 12.1 Å². The van der Waals surface area contributed by atoms with Crippen molar-refractivity contribution in [1.29, 1.82) is 0 Å². The Kier molecular flexibility index (Phi) is 4.58. The van der Waals surface area contributed by atoms with Gasteiger partial charge in [0, 0.05) is 13.2 Å². The second-order valence-corrected chi connectivity index (χ2v) is 3.26. The minimum atomic E-state index is 0.477. The van der Waals surface area contributed by atoms with Crippen molar-refractivity contribution in [3.63, 3.8) is 0 Å². The summed E-state index contributed by atoms with van der Waals surface area (Å²) in [4.78, 5) is 5.15. The van der Waals surface area contributed by atoms with Gasteiger partial charge in [0.15, 0.2) is 0 Å². The maximum absolute atomic E-state index is 5.28. The molecular formula is C9H19NO2. The standard InChI is InChI=1S/C9H19NO2/c1-3-12-10-8-4-6-9(11-2)7-5-8/h8-10H,3-7H2,1-2H3. The van der Waals surface area contributed by atoms with Crippen LogP contribution in [0.3, 0.4) is 0 Å². The number of ether oxygens (including phenoxy) is 1.